The Morgan fingerprint density at radius 3 is 2.21 bits per heavy atom. The van der Waals surface area contributed by atoms with Crippen molar-refractivity contribution in [2.75, 3.05) is 18.9 Å². The Kier molecular flexibility index (Phi) is 7.91. The molecule has 0 amide bonds. The number of hydrogen-bond acceptors (Lipinski definition) is 9. The van der Waals surface area contributed by atoms with Crippen molar-refractivity contribution in [3.63, 3.8) is 0 Å². The lowest BCUT2D eigenvalue weighted by Gasteiger charge is -2.21. The minimum absolute atomic E-state index is 0.0321. The molecule has 12 heteroatoms. The van der Waals surface area contributed by atoms with E-state index in [9.17, 15) is 8.42 Å². The first-order chi connectivity index (χ1) is 18.2. The number of aryl methyl sites for hydroxylation is 2. The summed E-state index contributed by atoms with van der Waals surface area (Å²) in [6.07, 6.45) is 4.05. The van der Waals surface area contributed by atoms with E-state index in [0.29, 0.717) is 34.5 Å². The molecular formula is C26H31N7O4S. The van der Waals surface area contributed by atoms with Crippen molar-refractivity contribution in [3.8, 4) is 28.7 Å². The molecule has 3 heterocycles. The molecule has 1 aromatic carbocycles. The highest BCUT2D eigenvalue weighted by atomic mass is 32.2. The smallest absolute Gasteiger partial charge is 0.243 e. The molecule has 0 aliphatic heterocycles. The number of nitrogens with one attached hydrogen (secondary N) is 1. The topological polar surface area (TPSA) is 134 Å². The molecule has 200 valence electrons. The molecule has 2 atom stereocenters. The quantitative estimate of drug-likeness (QED) is 0.319. The van der Waals surface area contributed by atoms with Crippen molar-refractivity contribution >= 4 is 16.0 Å². The zero-order valence-electron chi connectivity index (χ0n) is 22.2. The second kappa shape index (κ2) is 11.1. The lowest BCUT2D eigenvalue weighted by atomic mass is 10.1. The fourth-order valence-electron chi connectivity index (χ4n) is 3.92. The molecule has 0 saturated carbocycles. The monoisotopic (exact) mass is 537 g/mol. The summed E-state index contributed by atoms with van der Waals surface area (Å²) in [7, 11) is -0.935. The van der Waals surface area contributed by atoms with Gasteiger partial charge in [-0.05, 0) is 50.1 Å². The van der Waals surface area contributed by atoms with Crippen LogP contribution >= 0.6 is 0 Å². The molecule has 0 aliphatic rings. The SMILES string of the molecule is CCc1cccc(-c2nnc(NS(=O)(=O)C(C)C(C)c3ncc(C)cn3)n2-c2c(OC)cccc2OC)n1. The first-order valence-corrected chi connectivity index (χ1v) is 13.7. The van der Waals surface area contributed by atoms with Crippen LogP contribution in [0.3, 0.4) is 0 Å². The second-order valence-corrected chi connectivity index (χ2v) is 10.9. The number of sulfonamides is 1. The number of para-hydroxylation sites is 1. The van der Waals surface area contributed by atoms with E-state index < -0.39 is 21.2 Å². The van der Waals surface area contributed by atoms with Crippen LogP contribution in [0.15, 0.2) is 48.8 Å². The highest BCUT2D eigenvalue weighted by Crippen LogP contribution is 2.37. The van der Waals surface area contributed by atoms with Crippen molar-refractivity contribution in [2.45, 2.75) is 45.3 Å². The molecule has 2 unspecified atom stereocenters. The summed E-state index contributed by atoms with van der Waals surface area (Å²) in [6, 6.07) is 10.8. The van der Waals surface area contributed by atoms with Crippen LogP contribution < -0.4 is 14.2 Å². The summed E-state index contributed by atoms with van der Waals surface area (Å²) in [5, 5.41) is 7.67. The zero-order chi connectivity index (χ0) is 27.4. The lowest BCUT2D eigenvalue weighted by Crippen LogP contribution is -2.31. The maximum absolute atomic E-state index is 13.6. The van der Waals surface area contributed by atoms with E-state index in [1.807, 2.05) is 26.0 Å². The van der Waals surface area contributed by atoms with Crippen LogP contribution in [0.25, 0.3) is 17.2 Å². The van der Waals surface area contributed by atoms with E-state index in [1.165, 1.54) is 14.2 Å². The average Bonchev–Trinajstić information content (AvgIpc) is 3.34. The first-order valence-electron chi connectivity index (χ1n) is 12.1. The third kappa shape index (κ3) is 5.30. The fourth-order valence-corrected chi connectivity index (χ4v) is 5.15. The van der Waals surface area contributed by atoms with Crippen LogP contribution in [0.2, 0.25) is 0 Å². The molecule has 3 aromatic heterocycles. The van der Waals surface area contributed by atoms with Gasteiger partial charge >= 0.3 is 0 Å². The Balaban J connectivity index is 1.84. The largest absolute Gasteiger partial charge is 0.494 e. The van der Waals surface area contributed by atoms with Crippen molar-refractivity contribution in [1.29, 1.82) is 0 Å². The number of rotatable bonds is 10. The van der Waals surface area contributed by atoms with Crippen molar-refractivity contribution < 1.29 is 17.9 Å². The highest BCUT2D eigenvalue weighted by Gasteiger charge is 2.32. The molecular weight excluding hydrogens is 506 g/mol. The van der Waals surface area contributed by atoms with E-state index in [0.717, 1.165) is 17.7 Å². The number of hydrogen-bond donors (Lipinski definition) is 1. The number of pyridine rings is 1. The Bertz CT molecular complexity index is 1500. The molecule has 0 spiro atoms. The van der Waals surface area contributed by atoms with Gasteiger partial charge in [0.25, 0.3) is 0 Å². The van der Waals surface area contributed by atoms with Gasteiger partial charge in [-0.3, -0.25) is 9.29 Å². The van der Waals surface area contributed by atoms with Crippen LogP contribution in [0.1, 0.15) is 43.8 Å². The van der Waals surface area contributed by atoms with Gasteiger partial charge in [0, 0.05) is 24.0 Å². The Labute approximate surface area is 222 Å². The van der Waals surface area contributed by atoms with E-state index >= 15 is 0 Å². The highest BCUT2D eigenvalue weighted by molar-refractivity contribution is 7.93. The maximum Gasteiger partial charge on any atom is 0.243 e. The minimum atomic E-state index is -3.98. The third-order valence-corrected chi connectivity index (χ3v) is 8.18. The summed E-state index contributed by atoms with van der Waals surface area (Å²) in [5.41, 5.74) is 2.69. The lowest BCUT2D eigenvalue weighted by molar-refractivity contribution is 0.391. The zero-order valence-corrected chi connectivity index (χ0v) is 23.0. The van der Waals surface area contributed by atoms with Gasteiger partial charge in [-0.25, -0.2) is 23.4 Å². The molecule has 4 rings (SSSR count). The Morgan fingerprint density at radius 2 is 1.61 bits per heavy atom. The van der Waals surface area contributed by atoms with E-state index in [1.54, 1.807) is 55.1 Å². The number of ether oxygens (including phenoxy) is 2. The number of anilines is 1. The van der Waals surface area contributed by atoms with E-state index in [-0.39, 0.29) is 5.95 Å². The van der Waals surface area contributed by atoms with Crippen LogP contribution in [0.4, 0.5) is 5.95 Å². The van der Waals surface area contributed by atoms with Gasteiger partial charge in [0.1, 0.15) is 28.7 Å². The normalized spacial score (nSPS) is 13.1. The van der Waals surface area contributed by atoms with Crippen LogP contribution in [0, 0.1) is 6.92 Å². The molecule has 0 aliphatic carbocycles. The van der Waals surface area contributed by atoms with Gasteiger partial charge in [-0.2, -0.15) is 0 Å². The van der Waals surface area contributed by atoms with Gasteiger partial charge in [0.2, 0.25) is 16.0 Å². The van der Waals surface area contributed by atoms with Crippen LogP contribution in [0.5, 0.6) is 11.5 Å². The van der Waals surface area contributed by atoms with E-state index in [2.05, 4.69) is 29.9 Å². The molecule has 38 heavy (non-hydrogen) atoms. The van der Waals surface area contributed by atoms with Gasteiger partial charge in [0.15, 0.2) is 5.82 Å². The average molecular weight is 538 g/mol. The van der Waals surface area contributed by atoms with Gasteiger partial charge < -0.3 is 9.47 Å². The number of aromatic nitrogens is 6. The number of methoxy groups -OCH3 is 2. The van der Waals surface area contributed by atoms with Crippen molar-refractivity contribution in [3.05, 3.63) is 65.9 Å². The summed E-state index contributed by atoms with van der Waals surface area (Å²) < 4.78 is 42.6. The second-order valence-electron chi connectivity index (χ2n) is 8.82. The van der Waals surface area contributed by atoms with Crippen molar-refractivity contribution in [2.24, 2.45) is 0 Å². The molecule has 0 saturated heterocycles. The third-order valence-electron chi connectivity index (χ3n) is 6.32. The summed E-state index contributed by atoms with van der Waals surface area (Å²) in [4.78, 5) is 13.3. The summed E-state index contributed by atoms with van der Waals surface area (Å²) in [6.45, 7) is 7.25. The van der Waals surface area contributed by atoms with Gasteiger partial charge in [-0.15, -0.1) is 10.2 Å². The fraction of sp³-hybridized carbons (Fsp3) is 0.346. The minimum Gasteiger partial charge on any atom is -0.494 e. The molecule has 4 aromatic rings. The first kappa shape index (κ1) is 27.0. The maximum atomic E-state index is 13.6. The van der Waals surface area contributed by atoms with Crippen LogP contribution in [-0.2, 0) is 16.4 Å². The number of benzene rings is 1. The van der Waals surface area contributed by atoms with Crippen LogP contribution in [-0.4, -0.2) is 57.6 Å². The molecule has 1 N–H and O–H groups in total. The summed E-state index contributed by atoms with van der Waals surface area (Å²) >= 11 is 0. The molecule has 11 nitrogen and oxygen atoms in total. The summed E-state index contributed by atoms with van der Waals surface area (Å²) in [5.74, 6) is 1.10. The van der Waals surface area contributed by atoms with Gasteiger partial charge in [0.05, 0.1) is 19.5 Å². The molecule has 0 bridgehead atoms. The van der Waals surface area contributed by atoms with Gasteiger partial charge in [-0.1, -0.05) is 26.0 Å². The Hall–Kier alpha value is -4.06. The predicted molar refractivity (Wildman–Crippen MR) is 144 cm³/mol. The Morgan fingerprint density at radius 1 is 0.974 bits per heavy atom. The van der Waals surface area contributed by atoms with Crippen molar-refractivity contribution in [1.82, 2.24) is 29.7 Å². The standard InChI is InChI=1S/C26H31N7O4S/c1-7-19-10-8-11-20(29-19)25-30-31-26(33(25)23-21(36-5)12-9-13-22(23)37-6)32-38(34,35)18(4)17(3)24-27-14-16(2)15-28-24/h8-15,17-18H,7H2,1-6H3,(H,31,32). The van der Waals surface area contributed by atoms with E-state index in [4.69, 9.17) is 9.47 Å². The molecule has 0 fully saturated rings. The number of nitrogens with zero attached hydrogens (tertiary/aromatic N) is 6. The molecule has 0 radical (unpaired) electrons. The predicted octanol–water partition coefficient (Wildman–Crippen LogP) is 3.94.